The Kier molecular flexibility index (Phi) is 5.66. The third-order valence-electron chi connectivity index (χ3n) is 3.48. The standard InChI is InChI=1S/C14H17BrFN3OS/c15-9-1-2-11(12(16)7-9)14(20)18-10-3-5-19(6-4-10)8-13(17)21/h1-2,7,10H,3-6,8H2,(H2,17,21)(H,18,20). The Bertz CT molecular complexity index is 547. The minimum atomic E-state index is -0.521. The number of piperidine rings is 1. The summed E-state index contributed by atoms with van der Waals surface area (Å²) in [6.07, 6.45) is 1.62. The molecule has 1 aliphatic heterocycles. The molecule has 21 heavy (non-hydrogen) atoms. The highest BCUT2D eigenvalue weighted by Crippen LogP contribution is 2.16. The van der Waals surface area contributed by atoms with Crippen LogP contribution < -0.4 is 11.1 Å². The predicted octanol–water partition coefficient (Wildman–Crippen LogP) is 2.07. The Balaban J connectivity index is 1.88. The van der Waals surface area contributed by atoms with Crippen molar-refractivity contribution < 1.29 is 9.18 Å². The number of thiocarbonyl (C=S) groups is 1. The summed E-state index contributed by atoms with van der Waals surface area (Å²) in [5.74, 6) is -0.888. The van der Waals surface area contributed by atoms with Crippen molar-refractivity contribution in [2.45, 2.75) is 18.9 Å². The molecule has 1 saturated heterocycles. The predicted molar refractivity (Wildman–Crippen MR) is 87.8 cm³/mol. The first-order valence-electron chi connectivity index (χ1n) is 6.72. The van der Waals surface area contributed by atoms with Crippen molar-refractivity contribution in [3.05, 3.63) is 34.1 Å². The summed E-state index contributed by atoms with van der Waals surface area (Å²) in [4.78, 5) is 14.7. The van der Waals surface area contributed by atoms with E-state index in [1.807, 2.05) is 0 Å². The molecule has 0 atom stereocenters. The molecule has 114 valence electrons. The highest BCUT2D eigenvalue weighted by molar-refractivity contribution is 9.10. The zero-order valence-corrected chi connectivity index (χ0v) is 13.8. The zero-order valence-electron chi connectivity index (χ0n) is 11.4. The van der Waals surface area contributed by atoms with E-state index in [0.717, 1.165) is 25.9 Å². The van der Waals surface area contributed by atoms with Gasteiger partial charge in [-0.15, -0.1) is 0 Å². The Morgan fingerprint density at radius 1 is 1.48 bits per heavy atom. The van der Waals surface area contributed by atoms with E-state index < -0.39 is 5.82 Å². The molecule has 4 nitrogen and oxygen atoms in total. The van der Waals surface area contributed by atoms with E-state index >= 15 is 0 Å². The van der Waals surface area contributed by atoms with Crippen molar-refractivity contribution in [1.82, 2.24) is 10.2 Å². The zero-order chi connectivity index (χ0) is 15.4. The highest BCUT2D eigenvalue weighted by Gasteiger charge is 2.22. The van der Waals surface area contributed by atoms with Crippen molar-refractivity contribution in [1.29, 1.82) is 0 Å². The van der Waals surface area contributed by atoms with Crippen molar-refractivity contribution >= 4 is 39.0 Å². The molecule has 2 rings (SSSR count). The van der Waals surface area contributed by atoms with Crippen LogP contribution in [0.5, 0.6) is 0 Å². The fourth-order valence-electron chi connectivity index (χ4n) is 2.39. The van der Waals surface area contributed by atoms with Crippen LogP contribution in [0.25, 0.3) is 0 Å². The second kappa shape index (κ2) is 7.29. The molecule has 0 saturated carbocycles. The second-order valence-corrected chi connectivity index (χ2v) is 6.55. The summed E-state index contributed by atoms with van der Waals surface area (Å²) in [6, 6.07) is 4.49. The highest BCUT2D eigenvalue weighted by atomic mass is 79.9. The molecule has 7 heteroatoms. The van der Waals surface area contributed by atoms with Gasteiger partial charge >= 0.3 is 0 Å². The number of amides is 1. The van der Waals surface area contributed by atoms with Gasteiger partial charge in [-0.3, -0.25) is 9.69 Å². The number of halogens is 2. The number of rotatable bonds is 4. The number of nitrogens with zero attached hydrogens (tertiary/aromatic N) is 1. The van der Waals surface area contributed by atoms with Crippen LogP contribution >= 0.6 is 28.1 Å². The second-order valence-electron chi connectivity index (χ2n) is 5.11. The fraction of sp³-hybridized carbons (Fsp3) is 0.429. The van der Waals surface area contributed by atoms with Gasteiger partial charge in [0.1, 0.15) is 5.82 Å². The van der Waals surface area contributed by atoms with Gasteiger partial charge in [0.25, 0.3) is 5.91 Å². The van der Waals surface area contributed by atoms with Crippen LogP contribution in [0.4, 0.5) is 4.39 Å². The lowest BCUT2D eigenvalue weighted by molar-refractivity contribution is 0.0911. The first kappa shape index (κ1) is 16.3. The van der Waals surface area contributed by atoms with Gasteiger partial charge in [0.2, 0.25) is 0 Å². The molecular formula is C14H17BrFN3OS. The molecule has 1 amide bonds. The molecule has 0 aromatic heterocycles. The van der Waals surface area contributed by atoms with Crippen LogP contribution in [-0.2, 0) is 0 Å². The first-order chi connectivity index (χ1) is 9.95. The molecule has 1 aromatic rings. The Hall–Kier alpha value is -1.05. The lowest BCUT2D eigenvalue weighted by Gasteiger charge is -2.31. The minimum Gasteiger partial charge on any atom is -0.392 e. The number of likely N-dealkylation sites (tertiary alicyclic amines) is 1. The van der Waals surface area contributed by atoms with E-state index in [1.54, 1.807) is 6.07 Å². The van der Waals surface area contributed by atoms with Crippen LogP contribution in [0.15, 0.2) is 22.7 Å². The summed E-state index contributed by atoms with van der Waals surface area (Å²) in [7, 11) is 0. The number of hydrogen-bond acceptors (Lipinski definition) is 3. The van der Waals surface area contributed by atoms with Crippen molar-refractivity contribution in [2.75, 3.05) is 19.6 Å². The lowest BCUT2D eigenvalue weighted by Crippen LogP contribution is -2.46. The number of carbonyl (C=O) groups is 1. The average Bonchev–Trinajstić information content (AvgIpc) is 2.40. The normalized spacial score (nSPS) is 16.7. The molecule has 1 heterocycles. The summed E-state index contributed by atoms with van der Waals surface area (Å²) < 4.78 is 14.3. The molecule has 1 aliphatic rings. The van der Waals surface area contributed by atoms with E-state index in [1.165, 1.54) is 12.1 Å². The molecule has 0 bridgehead atoms. The van der Waals surface area contributed by atoms with Crippen LogP contribution in [0.2, 0.25) is 0 Å². The summed E-state index contributed by atoms with van der Waals surface area (Å²) in [5.41, 5.74) is 5.59. The van der Waals surface area contributed by atoms with Gasteiger partial charge in [-0.25, -0.2) is 4.39 Å². The first-order valence-corrected chi connectivity index (χ1v) is 7.92. The van der Waals surface area contributed by atoms with Gasteiger partial charge in [0.15, 0.2) is 0 Å². The minimum absolute atomic E-state index is 0.0585. The molecule has 0 unspecified atom stereocenters. The van der Waals surface area contributed by atoms with E-state index in [0.29, 0.717) is 16.0 Å². The van der Waals surface area contributed by atoms with Crippen molar-refractivity contribution in [3.8, 4) is 0 Å². The maximum absolute atomic E-state index is 13.7. The monoisotopic (exact) mass is 373 g/mol. The third kappa shape index (κ3) is 4.72. The number of benzene rings is 1. The Labute approximate surface area is 137 Å². The Morgan fingerprint density at radius 2 is 2.14 bits per heavy atom. The van der Waals surface area contributed by atoms with Crippen molar-refractivity contribution in [3.63, 3.8) is 0 Å². The number of nitrogens with one attached hydrogen (secondary N) is 1. The van der Waals surface area contributed by atoms with Crippen LogP contribution in [0.1, 0.15) is 23.2 Å². The molecule has 3 N–H and O–H groups in total. The van der Waals surface area contributed by atoms with Crippen molar-refractivity contribution in [2.24, 2.45) is 5.73 Å². The third-order valence-corrected chi connectivity index (χ3v) is 4.10. The molecule has 1 aromatic carbocycles. The molecule has 0 radical (unpaired) electrons. The summed E-state index contributed by atoms with van der Waals surface area (Å²) in [6.45, 7) is 2.26. The van der Waals surface area contributed by atoms with Gasteiger partial charge in [0.05, 0.1) is 10.6 Å². The number of carbonyl (C=O) groups excluding carboxylic acids is 1. The van der Waals surface area contributed by atoms with E-state index in [9.17, 15) is 9.18 Å². The van der Waals surface area contributed by atoms with E-state index in [-0.39, 0.29) is 17.5 Å². The average molecular weight is 374 g/mol. The van der Waals surface area contributed by atoms with Gasteiger partial charge < -0.3 is 11.1 Å². The largest absolute Gasteiger partial charge is 0.392 e. The smallest absolute Gasteiger partial charge is 0.254 e. The van der Waals surface area contributed by atoms with Crippen LogP contribution in [-0.4, -0.2) is 41.5 Å². The van der Waals surface area contributed by atoms with Crippen LogP contribution in [0, 0.1) is 5.82 Å². The molecule has 0 aliphatic carbocycles. The maximum Gasteiger partial charge on any atom is 0.254 e. The maximum atomic E-state index is 13.7. The van der Waals surface area contributed by atoms with Gasteiger partial charge in [-0.05, 0) is 31.0 Å². The summed E-state index contributed by atoms with van der Waals surface area (Å²) in [5, 5.41) is 2.88. The van der Waals surface area contributed by atoms with Gasteiger partial charge in [-0.2, -0.15) is 0 Å². The topological polar surface area (TPSA) is 58.4 Å². The van der Waals surface area contributed by atoms with Gasteiger partial charge in [-0.1, -0.05) is 28.1 Å². The fourth-order valence-corrected chi connectivity index (χ4v) is 2.91. The van der Waals surface area contributed by atoms with E-state index in [4.69, 9.17) is 18.0 Å². The SMILES string of the molecule is NC(=S)CN1CCC(NC(=O)c2ccc(Br)cc2F)CC1. The molecule has 0 spiro atoms. The van der Waals surface area contributed by atoms with E-state index in [2.05, 4.69) is 26.1 Å². The Morgan fingerprint density at radius 3 is 2.71 bits per heavy atom. The quantitative estimate of drug-likeness (QED) is 0.793. The molecule has 1 fully saturated rings. The number of nitrogens with two attached hydrogens (primary N) is 1. The van der Waals surface area contributed by atoms with Crippen LogP contribution in [0.3, 0.4) is 0 Å². The lowest BCUT2D eigenvalue weighted by atomic mass is 10.0. The molecular weight excluding hydrogens is 357 g/mol. The van der Waals surface area contributed by atoms with Gasteiger partial charge in [0, 0.05) is 30.1 Å². The number of hydrogen-bond donors (Lipinski definition) is 2. The summed E-state index contributed by atoms with van der Waals surface area (Å²) >= 11 is 8.06.